The molecule has 1 heterocycles. The zero-order chi connectivity index (χ0) is 20.3. The second kappa shape index (κ2) is 8.09. The smallest absolute Gasteiger partial charge is 0.335 e. The Balaban J connectivity index is 1.91. The highest BCUT2D eigenvalue weighted by Gasteiger charge is 2.25. The first-order chi connectivity index (χ1) is 13.2. The van der Waals surface area contributed by atoms with Gasteiger partial charge >= 0.3 is 11.9 Å². The maximum atomic E-state index is 12.5. The van der Waals surface area contributed by atoms with Gasteiger partial charge in [-0.3, -0.25) is 4.79 Å². The summed E-state index contributed by atoms with van der Waals surface area (Å²) in [6.07, 6.45) is 7.77. The first-order valence-corrected chi connectivity index (χ1v) is 9.65. The molecule has 1 unspecified atom stereocenters. The molecule has 2 aromatic rings. The number of benzene rings is 1. The van der Waals surface area contributed by atoms with Gasteiger partial charge in [0.15, 0.2) is 0 Å². The van der Waals surface area contributed by atoms with Crippen LogP contribution in [0.2, 0.25) is 0 Å². The average molecular weight is 382 g/mol. The van der Waals surface area contributed by atoms with Crippen molar-refractivity contribution in [3.05, 3.63) is 41.9 Å². The van der Waals surface area contributed by atoms with E-state index >= 15 is 0 Å². The number of aromatic carboxylic acids is 1. The van der Waals surface area contributed by atoms with E-state index < -0.39 is 11.6 Å². The molecule has 0 radical (unpaired) electrons. The van der Waals surface area contributed by atoms with Crippen LogP contribution in [0.4, 0.5) is 0 Å². The number of aromatic nitrogens is 2. The van der Waals surface area contributed by atoms with Crippen molar-refractivity contribution in [2.24, 2.45) is 5.92 Å². The third kappa shape index (κ3) is 4.74. The first-order valence-electron chi connectivity index (χ1n) is 9.65. The Morgan fingerprint density at radius 3 is 2.68 bits per heavy atom. The maximum Gasteiger partial charge on any atom is 0.335 e. The fraction of sp³-hybridized carbons (Fsp3) is 0.455. The molecular formula is C22H26N2O4. The van der Waals surface area contributed by atoms with Crippen LogP contribution in [0.3, 0.4) is 0 Å². The third-order valence-corrected chi connectivity index (χ3v) is 4.83. The van der Waals surface area contributed by atoms with Crippen molar-refractivity contribution < 1.29 is 19.4 Å². The van der Waals surface area contributed by atoms with Crippen LogP contribution in [0.25, 0.3) is 16.5 Å². The predicted molar refractivity (Wildman–Crippen MR) is 107 cm³/mol. The Morgan fingerprint density at radius 1 is 1.18 bits per heavy atom. The monoisotopic (exact) mass is 382 g/mol. The Labute approximate surface area is 164 Å². The lowest BCUT2D eigenvalue weighted by Gasteiger charge is -2.24. The number of allylic oxidation sites excluding steroid dienone is 2. The van der Waals surface area contributed by atoms with Crippen LogP contribution in [0.1, 0.15) is 68.9 Å². The highest BCUT2D eigenvalue weighted by molar-refractivity contribution is 5.96. The summed E-state index contributed by atoms with van der Waals surface area (Å²) in [7, 11) is 0. The van der Waals surface area contributed by atoms with Crippen LogP contribution in [0.15, 0.2) is 30.6 Å². The zero-order valence-corrected chi connectivity index (χ0v) is 16.6. The molecule has 1 aliphatic rings. The first kappa shape index (κ1) is 20.0. The van der Waals surface area contributed by atoms with Crippen molar-refractivity contribution >= 4 is 28.4 Å². The largest absolute Gasteiger partial charge is 0.478 e. The van der Waals surface area contributed by atoms with Gasteiger partial charge in [0, 0.05) is 5.39 Å². The van der Waals surface area contributed by atoms with Crippen LogP contribution in [-0.4, -0.2) is 32.6 Å². The Kier molecular flexibility index (Phi) is 5.77. The minimum absolute atomic E-state index is 0.149. The molecule has 1 aliphatic carbocycles. The van der Waals surface area contributed by atoms with Crippen molar-refractivity contribution in [3.63, 3.8) is 0 Å². The molecule has 6 nitrogen and oxygen atoms in total. The number of ether oxygens (including phenoxy) is 1. The Bertz CT molecular complexity index is 928. The molecule has 1 atom stereocenters. The van der Waals surface area contributed by atoms with Gasteiger partial charge in [0.2, 0.25) is 0 Å². The fourth-order valence-electron chi connectivity index (χ4n) is 3.47. The van der Waals surface area contributed by atoms with Gasteiger partial charge in [-0.2, -0.15) is 0 Å². The lowest BCUT2D eigenvalue weighted by atomic mass is 9.89. The zero-order valence-electron chi connectivity index (χ0n) is 16.6. The number of nitrogens with zero attached hydrogens (tertiary/aromatic N) is 2. The van der Waals surface area contributed by atoms with E-state index in [4.69, 9.17) is 4.74 Å². The van der Waals surface area contributed by atoms with Crippen molar-refractivity contribution in [3.8, 4) is 0 Å². The fourth-order valence-corrected chi connectivity index (χ4v) is 3.47. The number of carboxylic acids is 1. The summed E-state index contributed by atoms with van der Waals surface area (Å²) in [5, 5.41) is 10.0. The van der Waals surface area contributed by atoms with E-state index in [0.717, 1.165) is 42.3 Å². The lowest BCUT2D eigenvalue weighted by molar-refractivity contribution is -0.160. The number of carboxylic acid groups (broad SMARTS) is 1. The number of fused-ring (bicyclic) bond motifs is 1. The van der Waals surface area contributed by atoms with Gasteiger partial charge in [0.1, 0.15) is 11.9 Å². The van der Waals surface area contributed by atoms with Crippen LogP contribution >= 0.6 is 0 Å². The molecule has 0 fully saturated rings. The summed E-state index contributed by atoms with van der Waals surface area (Å²) in [4.78, 5) is 32.4. The molecule has 0 saturated carbocycles. The molecule has 6 heteroatoms. The summed E-state index contributed by atoms with van der Waals surface area (Å²) in [5.41, 5.74) is 2.21. The topological polar surface area (TPSA) is 89.4 Å². The van der Waals surface area contributed by atoms with Crippen molar-refractivity contribution in [2.45, 2.75) is 58.5 Å². The summed E-state index contributed by atoms with van der Waals surface area (Å²) in [6.45, 7) is 5.65. The molecule has 0 aliphatic heterocycles. The van der Waals surface area contributed by atoms with Gasteiger partial charge < -0.3 is 9.84 Å². The summed E-state index contributed by atoms with van der Waals surface area (Å²) < 4.78 is 5.57. The van der Waals surface area contributed by atoms with Gasteiger partial charge in [-0.05, 0) is 70.2 Å². The number of hydrogen-bond donors (Lipinski definition) is 1. The lowest BCUT2D eigenvalue weighted by Crippen LogP contribution is -2.28. The highest BCUT2D eigenvalue weighted by Crippen LogP contribution is 2.31. The van der Waals surface area contributed by atoms with Gasteiger partial charge in [-0.15, -0.1) is 0 Å². The Morgan fingerprint density at radius 2 is 1.96 bits per heavy atom. The average Bonchev–Trinajstić information content (AvgIpc) is 2.59. The molecule has 1 aromatic carbocycles. The highest BCUT2D eigenvalue weighted by atomic mass is 16.6. The van der Waals surface area contributed by atoms with E-state index in [1.54, 1.807) is 18.2 Å². The minimum atomic E-state index is -0.979. The molecule has 0 saturated heterocycles. The van der Waals surface area contributed by atoms with Crippen molar-refractivity contribution in [1.29, 1.82) is 0 Å². The number of carbonyl (C=O) groups excluding carboxylic acids is 1. The van der Waals surface area contributed by atoms with E-state index in [0.29, 0.717) is 11.9 Å². The van der Waals surface area contributed by atoms with Gasteiger partial charge in [-0.1, -0.05) is 12.5 Å². The summed E-state index contributed by atoms with van der Waals surface area (Å²) >= 11 is 0. The van der Waals surface area contributed by atoms with E-state index in [1.165, 1.54) is 6.33 Å². The molecule has 1 aromatic heterocycles. The molecule has 28 heavy (non-hydrogen) atoms. The standard InChI is InChI=1S/C22H26N2O4/c1-22(2,3)28-21(27)15-7-5-4-6-14(8-9-15)19-17-11-10-16(20(25)26)12-18(17)23-13-24-19/h8,10-13,15H,4-7,9H2,1-3H3,(H,25,26)/b14-8+. The molecule has 0 spiro atoms. The molecule has 3 rings (SSSR count). The second-order valence-corrected chi connectivity index (χ2v) is 8.20. The molecule has 0 amide bonds. The predicted octanol–water partition coefficient (Wildman–Crippen LogP) is 4.63. The van der Waals surface area contributed by atoms with E-state index in [-0.39, 0.29) is 17.5 Å². The minimum Gasteiger partial charge on any atom is -0.478 e. The summed E-state index contributed by atoms with van der Waals surface area (Å²) in [6, 6.07) is 4.90. The van der Waals surface area contributed by atoms with Gasteiger partial charge in [0.25, 0.3) is 0 Å². The Hall–Kier alpha value is -2.76. The van der Waals surface area contributed by atoms with Gasteiger partial charge in [-0.25, -0.2) is 14.8 Å². The van der Waals surface area contributed by atoms with Crippen LogP contribution in [0.5, 0.6) is 0 Å². The van der Waals surface area contributed by atoms with E-state index in [1.807, 2.05) is 20.8 Å². The molecule has 148 valence electrons. The number of esters is 1. The van der Waals surface area contributed by atoms with Gasteiger partial charge in [0.05, 0.1) is 22.7 Å². The number of hydrogen-bond acceptors (Lipinski definition) is 5. The van der Waals surface area contributed by atoms with E-state index in [2.05, 4.69) is 16.0 Å². The van der Waals surface area contributed by atoms with Crippen LogP contribution in [0, 0.1) is 5.92 Å². The van der Waals surface area contributed by atoms with Crippen molar-refractivity contribution in [1.82, 2.24) is 9.97 Å². The summed E-state index contributed by atoms with van der Waals surface area (Å²) in [5.74, 6) is -1.28. The molecule has 1 N–H and O–H groups in total. The van der Waals surface area contributed by atoms with Crippen LogP contribution in [-0.2, 0) is 9.53 Å². The number of rotatable bonds is 3. The van der Waals surface area contributed by atoms with E-state index in [9.17, 15) is 14.7 Å². The SMILES string of the molecule is CC(C)(C)OC(=O)C1C/C=C(/c2ncnc3cc(C(=O)O)ccc23)CCCC1. The van der Waals surface area contributed by atoms with Crippen LogP contribution < -0.4 is 0 Å². The number of carbonyl (C=O) groups is 2. The normalized spacial score (nSPS) is 20.0. The maximum absolute atomic E-state index is 12.5. The molecular weight excluding hydrogens is 356 g/mol. The molecule has 0 bridgehead atoms. The van der Waals surface area contributed by atoms with Crippen molar-refractivity contribution in [2.75, 3.05) is 0 Å². The second-order valence-electron chi connectivity index (χ2n) is 8.20. The quantitative estimate of drug-likeness (QED) is 0.778. The third-order valence-electron chi connectivity index (χ3n) is 4.83.